The minimum atomic E-state index is -0.851. The fraction of sp³-hybridized carbons (Fsp3) is 0.933. The van der Waals surface area contributed by atoms with Crippen molar-refractivity contribution >= 4 is 5.71 Å². The topological polar surface area (TPSA) is 51.0 Å². The zero-order valence-electron chi connectivity index (χ0n) is 13.1. The van der Waals surface area contributed by atoms with E-state index in [9.17, 15) is 5.21 Å². The number of hydrogen-bond acceptors (Lipinski definition) is 4. The van der Waals surface area contributed by atoms with Gasteiger partial charge in [-0.25, -0.2) is 0 Å². The third-order valence-corrected chi connectivity index (χ3v) is 3.60. The average Bonchev–Trinajstić information content (AvgIpc) is 2.45. The molecule has 0 aliphatic heterocycles. The molecule has 0 fully saturated rings. The summed E-state index contributed by atoms with van der Waals surface area (Å²) in [6.45, 7) is 4.34. The Morgan fingerprint density at radius 3 is 2.00 bits per heavy atom. The summed E-state index contributed by atoms with van der Waals surface area (Å²) in [5, 5.41) is 12.7. The van der Waals surface area contributed by atoms with E-state index in [1.807, 2.05) is 0 Å². The first kappa shape index (κ1) is 18.4. The molecule has 19 heavy (non-hydrogen) atoms. The Bertz CT molecular complexity index is 238. The van der Waals surface area contributed by atoms with Gasteiger partial charge in [0, 0.05) is 20.6 Å². The summed E-state index contributed by atoms with van der Waals surface area (Å²) in [6.07, 6.45) is 9.31. The molecule has 1 N–H and O–H groups in total. The van der Waals surface area contributed by atoms with Crippen LogP contribution in [0.3, 0.4) is 0 Å². The van der Waals surface area contributed by atoms with Gasteiger partial charge in [0.1, 0.15) is 5.71 Å². The van der Waals surface area contributed by atoms with Crippen molar-refractivity contribution in [1.82, 2.24) is 0 Å². The van der Waals surface area contributed by atoms with E-state index in [0.717, 1.165) is 44.9 Å². The summed E-state index contributed by atoms with van der Waals surface area (Å²) < 4.78 is 11.1. The van der Waals surface area contributed by atoms with Crippen LogP contribution in [0.4, 0.5) is 0 Å². The molecule has 0 aromatic heterocycles. The molecule has 4 nitrogen and oxygen atoms in total. The summed E-state index contributed by atoms with van der Waals surface area (Å²) in [7, 11) is 3.24. The molecule has 0 radical (unpaired) electrons. The minimum Gasteiger partial charge on any atom is -0.411 e. The van der Waals surface area contributed by atoms with Crippen molar-refractivity contribution in [3.05, 3.63) is 0 Å². The van der Waals surface area contributed by atoms with Crippen LogP contribution in [0.1, 0.15) is 71.6 Å². The van der Waals surface area contributed by atoms with Crippen LogP contribution >= 0.6 is 0 Å². The van der Waals surface area contributed by atoms with Gasteiger partial charge in [-0.3, -0.25) is 0 Å². The minimum absolute atomic E-state index is 0.613. The van der Waals surface area contributed by atoms with Crippen molar-refractivity contribution in [3.8, 4) is 0 Å². The Morgan fingerprint density at radius 1 is 0.947 bits per heavy atom. The van der Waals surface area contributed by atoms with E-state index in [-0.39, 0.29) is 0 Å². The molecule has 0 aromatic carbocycles. The van der Waals surface area contributed by atoms with Gasteiger partial charge in [-0.1, -0.05) is 51.1 Å². The fourth-order valence-corrected chi connectivity index (χ4v) is 2.31. The summed E-state index contributed by atoms with van der Waals surface area (Å²) >= 11 is 0. The molecule has 0 atom stereocenters. The van der Waals surface area contributed by atoms with Crippen molar-refractivity contribution in [2.75, 3.05) is 14.2 Å². The molecule has 0 saturated heterocycles. The van der Waals surface area contributed by atoms with Crippen molar-refractivity contribution < 1.29 is 14.7 Å². The highest BCUT2D eigenvalue weighted by molar-refractivity contribution is 5.90. The largest absolute Gasteiger partial charge is 0.411 e. The van der Waals surface area contributed by atoms with Crippen molar-refractivity contribution in [3.63, 3.8) is 0 Å². The van der Waals surface area contributed by atoms with E-state index in [4.69, 9.17) is 9.47 Å². The van der Waals surface area contributed by atoms with Gasteiger partial charge in [0.25, 0.3) is 0 Å². The first-order valence-electron chi connectivity index (χ1n) is 7.52. The molecule has 0 unspecified atom stereocenters. The molecule has 0 amide bonds. The Balaban J connectivity index is 4.53. The molecular formula is C15H31NO3. The third-order valence-electron chi connectivity index (χ3n) is 3.60. The monoisotopic (exact) mass is 273 g/mol. The number of oxime groups is 1. The number of rotatable bonds is 12. The normalized spacial score (nSPS) is 12.9. The number of nitrogens with zero attached hydrogens (tertiary/aromatic N) is 1. The molecule has 4 heteroatoms. The quantitative estimate of drug-likeness (QED) is 0.189. The highest BCUT2D eigenvalue weighted by Crippen LogP contribution is 2.25. The smallest absolute Gasteiger partial charge is 0.211 e. The van der Waals surface area contributed by atoms with E-state index < -0.39 is 5.79 Å². The van der Waals surface area contributed by atoms with Gasteiger partial charge in [-0.15, -0.1) is 0 Å². The second-order valence-corrected chi connectivity index (χ2v) is 4.98. The predicted octanol–water partition coefficient (Wildman–Crippen LogP) is 4.36. The molecule has 0 heterocycles. The van der Waals surface area contributed by atoms with Crippen LogP contribution in [0.15, 0.2) is 5.16 Å². The Morgan fingerprint density at radius 2 is 1.53 bits per heavy atom. The van der Waals surface area contributed by atoms with Crippen molar-refractivity contribution in [2.45, 2.75) is 77.4 Å². The lowest BCUT2D eigenvalue weighted by Crippen LogP contribution is -2.43. The zero-order valence-corrected chi connectivity index (χ0v) is 13.1. The maximum Gasteiger partial charge on any atom is 0.211 e. The molecule has 114 valence electrons. The van der Waals surface area contributed by atoms with Crippen LogP contribution in [-0.2, 0) is 9.47 Å². The van der Waals surface area contributed by atoms with Crippen LogP contribution in [0.2, 0.25) is 0 Å². The molecule has 0 saturated carbocycles. The van der Waals surface area contributed by atoms with E-state index in [1.54, 1.807) is 14.2 Å². The number of ether oxygens (including phenoxy) is 2. The highest BCUT2D eigenvalue weighted by atomic mass is 16.7. The molecule has 0 aliphatic rings. The van der Waals surface area contributed by atoms with Crippen molar-refractivity contribution in [2.24, 2.45) is 5.16 Å². The summed E-state index contributed by atoms with van der Waals surface area (Å²) in [4.78, 5) is 0. The van der Waals surface area contributed by atoms with E-state index >= 15 is 0 Å². The van der Waals surface area contributed by atoms with Crippen LogP contribution < -0.4 is 0 Å². The zero-order chi connectivity index (χ0) is 14.6. The Kier molecular flexibility index (Phi) is 10.9. The molecule has 0 aliphatic carbocycles. The van der Waals surface area contributed by atoms with E-state index in [2.05, 4.69) is 19.0 Å². The standard InChI is InChI=1S/C15H31NO3/c1-5-7-9-11-13-15(18-3,19-4)14(16-17)12-10-8-6-2/h17H,5-13H2,1-4H3/b16-14+. The third kappa shape index (κ3) is 6.39. The van der Waals surface area contributed by atoms with Gasteiger partial charge in [0.05, 0.1) is 0 Å². The second kappa shape index (κ2) is 11.2. The Hall–Kier alpha value is -0.610. The lowest BCUT2D eigenvalue weighted by molar-refractivity contribution is -0.161. The maximum atomic E-state index is 9.25. The van der Waals surface area contributed by atoms with Gasteiger partial charge in [-0.05, 0) is 19.3 Å². The van der Waals surface area contributed by atoms with Crippen LogP contribution in [0, 0.1) is 0 Å². The molecule has 0 aromatic rings. The SMILES string of the molecule is CCCCCCC(OC)(OC)/C(CCCCC)=N/O. The summed E-state index contributed by atoms with van der Waals surface area (Å²) in [5.41, 5.74) is 0.613. The number of unbranched alkanes of at least 4 members (excludes halogenated alkanes) is 5. The molecule has 0 rings (SSSR count). The van der Waals surface area contributed by atoms with Crippen LogP contribution in [0.5, 0.6) is 0 Å². The molecular weight excluding hydrogens is 242 g/mol. The molecule has 0 bridgehead atoms. The summed E-state index contributed by atoms with van der Waals surface area (Å²) in [6, 6.07) is 0. The van der Waals surface area contributed by atoms with Gasteiger partial charge in [0.15, 0.2) is 0 Å². The van der Waals surface area contributed by atoms with Gasteiger partial charge >= 0.3 is 0 Å². The van der Waals surface area contributed by atoms with Gasteiger partial charge < -0.3 is 14.7 Å². The predicted molar refractivity (Wildman–Crippen MR) is 78.9 cm³/mol. The number of methoxy groups -OCH3 is 2. The van der Waals surface area contributed by atoms with Gasteiger partial charge in [0.2, 0.25) is 5.79 Å². The average molecular weight is 273 g/mol. The van der Waals surface area contributed by atoms with Crippen LogP contribution in [0.25, 0.3) is 0 Å². The van der Waals surface area contributed by atoms with E-state index in [1.165, 1.54) is 12.8 Å². The van der Waals surface area contributed by atoms with Crippen molar-refractivity contribution in [1.29, 1.82) is 0 Å². The van der Waals surface area contributed by atoms with Gasteiger partial charge in [-0.2, -0.15) is 0 Å². The fourth-order valence-electron chi connectivity index (χ4n) is 2.31. The maximum absolute atomic E-state index is 9.25. The Labute approximate surface area is 118 Å². The first-order valence-corrected chi connectivity index (χ1v) is 7.52. The second-order valence-electron chi connectivity index (χ2n) is 4.98. The lowest BCUT2D eigenvalue weighted by Gasteiger charge is -2.31. The van der Waals surface area contributed by atoms with Crippen LogP contribution in [-0.4, -0.2) is 30.9 Å². The first-order chi connectivity index (χ1) is 9.20. The number of hydrogen-bond donors (Lipinski definition) is 1. The summed E-state index contributed by atoms with van der Waals surface area (Å²) in [5.74, 6) is -0.851. The molecule has 0 spiro atoms. The lowest BCUT2D eigenvalue weighted by atomic mass is 9.97. The highest BCUT2D eigenvalue weighted by Gasteiger charge is 2.35. The van der Waals surface area contributed by atoms with E-state index in [0.29, 0.717) is 5.71 Å².